The number of benzene rings is 2. The maximum absolute atomic E-state index is 2.18. The van der Waals surface area contributed by atoms with E-state index in [1.165, 1.54) is 21.9 Å². The first-order valence-electron chi connectivity index (χ1n) is 5.15. The molecule has 0 fully saturated rings. The molecule has 0 aliphatic carbocycles. The molecule has 3 aromatic carbocycles. The summed E-state index contributed by atoms with van der Waals surface area (Å²) in [5.41, 5.74) is 2.60. The van der Waals surface area contributed by atoms with Crippen LogP contribution in [0.15, 0.2) is 66.7 Å². The van der Waals surface area contributed by atoms with Crippen LogP contribution in [0.1, 0.15) is 0 Å². The van der Waals surface area contributed by atoms with E-state index < -0.39 is 0 Å². The fraction of sp³-hybridized carbons (Fsp3) is 0. The number of hydrogen-bond donors (Lipinski definition) is 0. The van der Waals surface area contributed by atoms with Gasteiger partial charge in [-0.2, -0.15) is 12.1 Å². The predicted octanol–water partition coefficient (Wildman–Crippen LogP) is -1.77. The van der Waals surface area contributed by atoms with Gasteiger partial charge in [0.05, 0.1) is 0 Å². The number of fused-ring (bicyclic) bond motifs is 1. The van der Waals surface area contributed by atoms with Gasteiger partial charge in [-0.15, -0.1) is 29.0 Å². The molecular weight excluding hydrogens is 430 g/mol. The summed E-state index contributed by atoms with van der Waals surface area (Å²) >= 11 is 0. The van der Waals surface area contributed by atoms with E-state index in [0.717, 1.165) is 0 Å². The SMILES string of the molecule is [Cl-].[Cl-].[Hf].c1ccc(-c2cccc3[cH-]ccc23)cc1. The summed E-state index contributed by atoms with van der Waals surface area (Å²) in [6, 6.07) is 23.4. The minimum Gasteiger partial charge on any atom is -1.00 e. The third-order valence-corrected chi connectivity index (χ3v) is 2.76. The minimum atomic E-state index is 0. The molecule has 0 spiro atoms. The van der Waals surface area contributed by atoms with Crippen molar-refractivity contribution in [2.45, 2.75) is 0 Å². The van der Waals surface area contributed by atoms with E-state index in [2.05, 4.69) is 66.7 Å². The van der Waals surface area contributed by atoms with Crippen LogP contribution in [0.5, 0.6) is 0 Å². The number of rotatable bonds is 1. The summed E-state index contributed by atoms with van der Waals surface area (Å²) in [5.74, 6) is 0. The van der Waals surface area contributed by atoms with Crippen LogP contribution in [0.25, 0.3) is 21.9 Å². The first-order valence-corrected chi connectivity index (χ1v) is 5.15. The molecule has 0 heterocycles. The molecular formula is C15H11Cl2Hf-3. The molecule has 0 amide bonds. The van der Waals surface area contributed by atoms with Crippen LogP contribution in [-0.2, 0) is 25.8 Å². The Morgan fingerprint density at radius 3 is 2.17 bits per heavy atom. The van der Waals surface area contributed by atoms with E-state index in [9.17, 15) is 0 Å². The van der Waals surface area contributed by atoms with Gasteiger partial charge >= 0.3 is 0 Å². The topological polar surface area (TPSA) is 0 Å². The van der Waals surface area contributed by atoms with Gasteiger partial charge in [-0.25, -0.2) is 0 Å². The molecule has 0 aliphatic heterocycles. The van der Waals surface area contributed by atoms with Gasteiger partial charge in [0, 0.05) is 25.8 Å². The van der Waals surface area contributed by atoms with E-state index in [4.69, 9.17) is 0 Å². The summed E-state index contributed by atoms with van der Waals surface area (Å²) in [7, 11) is 0. The number of hydrogen-bond acceptors (Lipinski definition) is 0. The Labute approximate surface area is 138 Å². The maximum Gasteiger partial charge on any atom is 0 e. The third kappa shape index (κ3) is 3.28. The van der Waals surface area contributed by atoms with Gasteiger partial charge in [0.1, 0.15) is 0 Å². The van der Waals surface area contributed by atoms with Gasteiger partial charge in [0.25, 0.3) is 0 Å². The Kier molecular flexibility index (Phi) is 7.61. The Hall–Kier alpha value is -0.500. The van der Waals surface area contributed by atoms with Gasteiger partial charge in [0.15, 0.2) is 0 Å². The first kappa shape index (κ1) is 17.5. The standard InChI is InChI=1S/C15H11.2ClH.Hf/c1-2-6-12(7-3-1)14-10-4-8-13-9-5-11-15(13)14;;;/h1-11H;2*1H;/q-1;;;/p-2. The van der Waals surface area contributed by atoms with Gasteiger partial charge in [-0.1, -0.05) is 42.0 Å². The van der Waals surface area contributed by atoms with Crippen molar-refractivity contribution >= 4 is 10.8 Å². The van der Waals surface area contributed by atoms with Crippen molar-refractivity contribution in [3.8, 4) is 11.1 Å². The van der Waals surface area contributed by atoms with Crippen molar-refractivity contribution in [2.75, 3.05) is 0 Å². The smallest absolute Gasteiger partial charge is 0 e. The van der Waals surface area contributed by atoms with Crippen LogP contribution < -0.4 is 24.8 Å². The molecule has 0 N–H and O–H groups in total. The monoisotopic (exact) mass is 441 g/mol. The van der Waals surface area contributed by atoms with E-state index >= 15 is 0 Å². The summed E-state index contributed by atoms with van der Waals surface area (Å²) in [6.45, 7) is 0. The number of halogens is 2. The molecule has 0 nitrogen and oxygen atoms in total. The largest absolute Gasteiger partial charge is 1.00 e. The van der Waals surface area contributed by atoms with E-state index in [0.29, 0.717) is 0 Å². The van der Waals surface area contributed by atoms with Gasteiger partial charge in [0.2, 0.25) is 0 Å². The third-order valence-electron chi connectivity index (χ3n) is 2.76. The normalized spacial score (nSPS) is 8.89. The molecule has 3 rings (SSSR count). The van der Waals surface area contributed by atoms with E-state index in [1.807, 2.05) is 0 Å². The molecule has 18 heavy (non-hydrogen) atoms. The Morgan fingerprint density at radius 2 is 1.44 bits per heavy atom. The van der Waals surface area contributed by atoms with Crippen LogP contribution in [0, 0.1) is 0 Å². The van der Waals surface area contributed by atoms with E-state index in [-0.39, 0.29) is 50.7 Å². The van der Waals surface area contributed by atoms with Crippen molar-refractivity contribution < 1.29 is 50.7 Å². The zero-order valence-corrected chi connectivity index (χ0v) is 14.7. The van der Waals surface area contributed by atoms with Crippen molar-refractivity contribution in [2.24, 2.45) is 0 Å². The summed E-state index contributed by atoms with van der Waals surface area (Å²) in [5, 5.41) is 2.65. The predicted molar refractivity (Wildman–Crippen MR) is 65.0 cm³/mol. The molecule has 0 unspecified atom stereocenters. The molecule has 0 aromatic heterocycles. The second kappa shape index (κ2) is 7.83. The summed E-state index contributed by atoms with van der Waals surface area (Å²) < 4.78 is 0. The average molecular weight is 441 g/mol. The van der Waals surface area contributed by atoms with Crippen molar-refractivity contribution in [3.05, 3.63) is 66.7 Å². The fourth-order valence-electron chi connectivity index (χ4n) is 2.03. The van der Waals surface area contributed by atoms with Crippen LogP contribution in [0.2, 0.25) is 0 Å². The second-order valence-corrected chi connectivity index (χ2v) is 3.70. The first-order chi connectivity index (χ1) is 7.45. The Morgan fingerprint density at radius 1 is 0.722 bits per heavy atom. The fourth-order valence-corrected chi connectivity index (χ4v) is 2.03. The molecule has 0 radical (unpaired) electrons. The molecule has 3 aromatic rings. The Balaban J connectivity index is 0.000000963. The van der Waals surface area contributed by atoms with Crippen molar-refractivity contribution in [1.29, 1.82) is 0 Å². The van der Waals surface area contributed by atoms with Crippen molar-refractivity contribution in [3.63, 3.8) is 0 Å². The summed E-state index contributed by atoms with van der Waals surface area (Å²) in [4.78, 5) is 0. The molecule has 3 heteroatoms. The molecule has 0 bridgehead atoms. The maximum atomic E-state index is 2.18. The van der Waals surface area contributed by atoms with Gasteiger partial charge in [-0.05, 0) is 5.56 Å². The van der Waals surface area contributed by atoms with Crippen LogP contribution in [-0.4, -0.2) is 0 Å². The minimum absolute atomic E-state index is 0. The van der Waals surface area contributed by atoms with Crippen LogP contribution in [0.4, 0.5) is 0 Å². The quantitative estimate of drug-likeness (QED) is 0.311. The Bertz CT molecular complexity index is 588. The molecule has 0 saturated carbocycles. The molecule has 92 valence electrons. The zero-order valence-electron chi connectivity index (χ0n) is 9.61. The van der Waals surface area contributed by atoms with Crippen LogP contribution >= 0.6 is 0 Å². The van der Waals surface area contributed by atoms with Gasteiger partial charge < -0.3 is 24.8 Å². The average Bonchev–Trinajstić information content (AvgIpc) is 2.78. The second-order valence-electron chi connectivity index (χ2n) is 3.70. The van der Waals surface area contributed by atoms with Gasteiger partial charge in [-0.3, -0.25) is 0 Å². The van der Waals surface area contributed by atoms with Crippen molar-refractivity contribution in [1.82, 2.24) is 0 Å². The molecule has 0 saturated heterocycles. The van der Waals surface area contributed by atoms with Crippen LogP contribution in [0.3, 0.4) is 0 Å². The summed E-state index contributed by atoms with van der Waals surface area (Å²) in [6.07, 6.45) is 0. The zero-order chi connectivity index (χ0) is 10.1. The molecule has 0 aliphatic rings. The molecule has 0 atom stereocenters. The van der Waals surface area contributed by atoms with E-state index in [1.54, 1.807) is 0 Å².